The minimum absolute atomic E-state index is 0.162. The molecule has 1 atom stereocenters. The molecule has 0 radical (unpaired) electrons. The van der Waals surface area contributed by atoms with Crippen LogP contribution in [0.3, 0.4) is 0 Å². The van der Waals surface area contributed by atoms with E-state index in [9.17, 15) is 4.39 Å². The van der Waals surface area contributed by atoms with E-state index in [4.69, 9.17) is 0 Å². The zero-order valence-corrected chi connectivity index (χ0v) is 13.5. The Hall–Kier alpha value is -1.68. The molecule has 1 unspecified atom stereocenters. The molecule has 3 nitrogen and oxygen atoms in total. The predicted molar refractivity (Wildman–Crippen MR) is 84.8 cm³/mol. The minimum Gasteiger partial charge on any atom is -0.313 e. The van der Waals surface area contributed by atoms with E-state index in [1.807, 2.05) is 24.8 Å². The second-order valence-electron chi connectivity index (χ2n) is 5.34. The fourth-order valence-corrected chi connectivity index (χ4v) is 2.86. The highest BCUT2D eigenvalue weighted by atomic mass is 19.1. The predicted octanol–water partition coefficient (Wildman–Crippen LogP) is 3.63. The van der Waals surface area contributed by atoms with Crippen LogP contribution in [0.4, 0.5) is 4.39 Å². The maximum absolute atomic E-state index is 13.8. The second-order valence-corrected chi connectivity index (χ2v) is 5.34. The highest BCUT2D eigenvalue weighted by molar-refractivity contribution is 5.73. The molecule has 2 aromatic rings. The molecule has 0 bridgehead atoms. The van der Waals surface area contributed by atoms with Gasteiger partial charge in [0.1, 0.15) is 5.82 Å². The molecule has 1 aromatic heterocycles. The van der Waals surface area contributed by atoms with Crippen LogP contribution in [0.5, 0.6) is 0 Å². The molecule has 0 saturated carbocycles. The molecular formula is C17H24FN3. The zero-order valence-electron chi connectivity index (χ0n) is 13.5. The van der Waals surface area contributed by atoms with Crippen LogP contribution in [-0.4, -0.2) is 16.8 Å². The van der Waals surface area contributed by atoms with E-state index in [-0.39, 0.29) is 11.9 Å². The molecule has 0 spiro atoms. The summed E-state index contributed by atoms with van der Waals surface area (Å²) in [5.41, 5.74) is 5.35. The first-order valence-corrected chi connectivity index (χ1v) is 7.55. The summed E-state index contributed by atoms with van der Waals surface area (Å²) >= 11 is 0. The number of hydrogen-bond acceptors (Lipinski definition) is 2. The molecule has 0 aliphatic rings. The van der Waals surface area contributed by atoms with Crippen molar-refractivity contribution in [1.82, 2.24) is 15.1 Å². The normalized spacial score (nSPS) is 12.7. The Morgan fingerprint density at radius 2 is 2.00 bits per heavy atom. The molecule has 0 aliphatic heterocycles. The number of rotatable bonds is 5. The van der Waals surface area contributed by atoms with Crippen LogP contribution in [0, 0.1) is 5.82 Å². The van der Waals surface area contributed by atoms with Crippen molar-refractivity contribution in [3.63, 3.8) is 0 Å². The highest BCUT2D eigenvalue weighted by Gasteiger charge is 2.20. The first kappa shape index (κ1) is 15.7. The number of halogens is 1. The smallest absolute Gasteiger partial charge is 0.123 e. The van der Waals surface area contributed by atoms with E-state index >= 15 is 0 Å². The molecule has 21 heavy (non-hydrogen) atoms. The van der Waals surface area contributed by atoms with Gasteiger partial charge in [-0.1, -0.05) is 19.9 Å². The van der Waals surface area contributed by atoms with Crippen molar-refractivity contribution >= 4 is 0 Å². The number of nitrogens with zero attached hydrogens (tertiary/aromatic N) is 2. The Morgan fingerprint density at radius 1 is 1.29 bits per heavy atom. The van der Waals surface area contributed by atoms with Gasteiger partial charge in [0.25, 0.3) is 0 Å². The van der Waals surface area contributed by atoms with Crippen LogP contribution in [0.2, 0.25) is 0 Å². The summed E-state index contributed by atoms with van der Waals surface area (Å²) in [5.74, 6) is -0.204. The fourth-order valence-electron chi connectivity index (χ4n) is 2.86. The molecule has 114 valence electrons. The maximum atomic E-state index is 13.8. The third kappa shape index (κ3) is 2.86. The van der Waals surface area contributed by atoms with Gasteiger partial charge in [0.2, 0.25) is 0 Å². The molecule has 2 rings (SSSR count). The number of aromatic nitrogens is 2. The molecule has 1 heterocycles. The Bertz CT molecular complexity index is 631. The third-order valence-corrected chi connectivity index (χ3v) is 4.09. The lowest BCUT2D eigenvalue weighted by atomic mass is 9.92. The van der Waals surface area contributed by atoms with Crippen molar-refractivity contribution in [3.8, 4) is 11.1 Å². The minimum atomic E-state index is -0.204. The van der Waals surface area contributed by atoms with E-state index in [1.54, 1.807) is 6.07 Å². The lowest BCUT2D eigenvalue weighted by Crippen LogP contribution is -2.14. The van der Waals surface area contributed by atoms with Gasteiger partial charge in [-0.2, -0.15) is 5.10 Å². The Morgan fingerprint density at radius 3 is 2.57 bits per heavy atom. The largest absolute Gasteiger partial charge is 0.313 e. The molecule has 1 N–H and O–H groups in total. The summed E-state index contributed by atoms with van der Waals surface area (Å²) in [7, 11) is 3.88. The monoisotopic (exact) mass is 289 g/mol. The number of aryl methyl sites for hydroxylation is 2. The third-order valence-electron chi connectivity index (χ3n) is 4.09. The molecule has 0 aliphatic carbocycles. The van der Waals surface area contributed by atoms with Gasteiger partial charge in [0, 0.05) is 24.3 Å². The summed E-state index contributed by atoms with van der Waals surface area (Å²) in [6.07, 6.45) is 1.72. The molecule has 0 amide bonds. The molecule has 0 saturated heterocycles. The van der Waals surface area contributed by atoms with Crippen LogP contribution < -0.4 is 5.32 Å². The van der Waals surface area contributed by atoms with Crippen molar-refractivity contribution in [1.29, 1.82) is 0 Å². The van der Waals surface area contributed by atoms with E-state index < -0.39 is 0 Å². The van der Waals surface area contributed by atoms with Crippen LogP contribution in [0.15, 0.2) is 18.2 Å². The van der Waals surface area contributed by atoms with Crippen LogP contribution in [0.25, 0.3) is 11.1 Å². The SMILES string of the molecule is CCc1nn(C)c(CC)c1-c1cc(F)ccc1C(C)NC. The standard InChI is InChI=1S/C17H24FN3/c1-6-15-17(16(7-2)21(5)20-15)14-10-12(18)8-9-13(14)11(3)19-4/h8-11,19H,6-7H2,1-5H3. The summed E-state index contributed by atoms with van der Waals surface area (Å²) in [4.78, 5) is 0. The molecule has 1 aromatic carbocycles. The lowest BCUT2D eigenvalue weighted by Gasteiger charge is -2.17. The van der Waals surface area contributed by atoms with Crippen molar-refractivity contribution in [2.75, 3.05) is 7.05 Å². The van der Waals surface area contributed by atoms with Gasteiger partial charge < -0.3 is 5.32 Å². The highest BCUT2D eigenvalue weighted by Crippen LogP contribution is 2.34. The van der Waals surface area contributed by atoms with Crippen molar-refractivity contribution in [2.45, 2.75) is 39.7 Å². The first-order chi connectivity index (χ1) is 10.0. The van der Waals surface area contributed by atoms with Crippen LogP contribution in [-0.2, 0) is 19.9 Å². The molecular weight excluding hydrogens is 265 g/mol. The number of nitrogens with one attached hydrogen (secondary N) is 1. The number of benzene rings is 1. The quantitative estimate of drug-likeness (QED) is 0.911. The fraction of sp³-hybridized carbons (Fsp3) is 0.471. The van der Waals surface area contributed by atoms with Crippen molar-refractivity contribution in [3.05, 3.63) is 41.0 Å². The molecule has 4 heteroatoms. The Labute approximate surface area is 126 Å². The van der Waals surface area contributed by atoms with Gasteiger partial charge >= 0.3 is 0 Å². The van der Waals surface area contributed by atoms with Gasteiger partial charge in [-0.3, -0.25) is 4.68 Å². The van der Waals surface area contributed by atoms with E-state index in [0.717, 1.165) is 40.9 Å². The van der Waals surface area contributed by atoms with E-state index in [2.05, 4.69) is 31.2 Å². The van der Waals surface area contributed by atoms with Gasteiger partial charge in [0.15, 0.2) is 0 Å². The van der Waals surface area contributed by atoms with Gasteiger partial charge in [0.05, 0.1) is 5.69 Å². The average Bonchev–Trinajstić information content (AvgIpc) is 2.81. The maximum Gasteiger partial charge on any atom is 0.123 e. The summed E-state index contributed by atoms with van der Waals surface area (Å²) in [5, 5.41) is 7.85. The summed E-state index contributed by atoms with van der Waals surface area (Å²) in [6.45, 7) is 6.29. The van der Waals surface area contributed by atoms with Crippen LogP contribution >= 0.6 is 0 Å². The second kappa shape index (κ2) is 6.39. The van der Waals surface area contributed by atoms with Crippen LogP contribution in [0.1, 0.15) is 43.8 Å². The first-order valence-electron chi connectivity index (χ1n) is 7.55. The summed E-state index contributed by atoms with van der Waals surface area (Å²) < 4.78 is 15.8. The van der Waals surface area contributed by atoms with E-state index in [1.165, 1.54) is 6.07 Å². The van der Waals surface area contributed by atoms with E-state index in [0.29, 0.717) is 0 Å². The topological polar surface area (TPSA) is 29.9 Å². The van der Waals surface area contributed by atoms with Gasteiger partial charge in [-0.15, -0.1) is 0 Å². The Kier molecular flexibility index (Phi) is 4.78. The lowest BCUT2D eigenvalue weighted by molar-refractivity contribution is 0.620. The van der Waals surface area contributed by atoms with Crippen molar-refractivity contribution < 1.29 is 4.39 Å². The molecule has 0 fully saturated rings. The average molecular weight is 289 g/mol. The Balaban J connectivity index is 2.74. The van der Waals surface area contributed by atoms with Gasteiger partial charge in [-0.25, -0.2) is 4.39 Å². The number of hydrogen-bond donors (Lipinski definition) is 1. The summed E-state index contributed by atoms with van der Waals surface area (Å²) in [6, 6.07) is 5.20. The van der Waals surface area contributed by atoms with Gasteiger partial charge in [-0.05, 0) is 50.1 Å². The zero-order chi connectivity index (χ0) is 15.6. The van der Waals surface area contributed by atoms with Crippen molar-refractivity contribution in [2.24, 2.45) is 7.05 Å².